The van der Waals surface area contributed by atoms with Crippen LogP contribution in [-0.2, 0) is 4.74 Å². The topological polar surface area (TPSA) is 38.5 Å². The number of hydrogen-bond acceptors (Lipinski definition) is 3. The molecule has 0 spiro atoms. The molecule has 0 bridgehead atoms. The predicted octanol–water partition coefficient (Wildman–Crippen LogP) is 2.19. The largest absolute Gasteiger partial charge is 0.393 e. The summed E-state index contributed by atoms with van der Waals surface area (Å²) < 4.78 is 5.42. The van der Waals surface area contributed by atoms with E-state index in [4.69, 9.17) is 22.7 Å². The van der Waals surface area contributed by atoms with Gasteiger partial charge in [0, 0.05) is 32.7 Å². The summed E-state index contributed by atoms with van der Waals surface area (Å²) in [5.41, 5.74) is 5.47. The quantitative estimate of drug-likeness (QED) is 0.666. The van der Waals surface area contributed by atoms with Gasteiger partial charge in [-0.1, -0.05) is 12.2 Å². The maximum atomic E-state index is 5.53. The van der Waals surface area contributed by atoms with Crippen LogP contribution in [0.5, 0.6) is 0 Å². The predicted molar refractivity (Wildman–Crippen MR) is 73.8 cm³/mol. The minimum Gasteiger partial charge on any atom is -0.393 e. The van der Waals surface area contributed by atoms with Crippen LogP contribution >= 0.6 is 12.2 Å². The first-order chi connectivity index (χ1) is 7.28. The first-order valence-electron chi connectivity index (χ1n) is 5.86. The number of nitrogens with two attached hydrogens (primary N) is 1. The molecule has 4 heteroatoms. The van der Waals surface area contributed by atoms with Gasteiger partial charge >= 0.3 is 0 Å². The SMILES string of the molecule is COC(C)(C)CCN(CCC(N)=S)C(C)C. The summed E-state index contributed by atoms with van der Waals surface area (Å²) in [6.45, 7) is 10.6. The van der Waals surface area contributed by atoms with E-state index in [0.717, 1.165) is 25.9 Å². The standard InChI is InChI=1S/C12H26N2OS/c1-10(2)14(8-6-11(13)16)9-7-12(3,4)15-5/h10H,6-9H2,1-5H3,(H2,13,16). The lowest BCUT2D eigenvalue weighted by molar-refractivity contribution is 0.00535. The molecule has 0 aromatic carbocycles. The fourth-order valence-corrected chi connectivity index (χ4v) is 1.49. The maximum Gasteiger partial charge on any atom is 0.0740 e. The number of thiocarbonyl (C=S) groups is 1. The van der Waals surface area contributed by atoms with Crippen molar-refractivity contribution in [2.45, 2.75) is 52.2 Å². The zero-order valence-corrected chi connectivity index (χ0v) is 12.1. The van der Waals surface area contributed by atoms with Crippen LogP contribution in [0, 0.1) is 0 Å². The number of rotatable bonds is 8. The normalized spacial score (nSPS) is 12.4. The van der Waals surface area contributed by atoms with E-state index in [-0.39, 0.29) is 5.60 Å². The first-order valence-corrected chi connectivity index (χ1v) is 6.27. The van der Waals surface area contributed by atoms with Crippen molar-refractivity contribution in [3.8, 4) is 0 Å². The average Bonchev–Trinajstić information content (AvgIpc) is 2.16. The molecule has 0 radical (unpaired) electrons. The first kappa shape index (κ1) is 15.8. The van der Waals surface area contributed by atoms with Gasteiger partial charge in [-0.05, 0) is 34.1 Å². The fourth-order valence-electron chi connectivity index (χ4n) is 1.40. The second-order valence-corrected chi connectivity index (χ2v) is 5.58. The Bertz CT molecular complexity index is 217. The van der Waals surface area contributed by atoms with Crippen LogP contribution in [0.1, 0.15) is 40.5 Å². The molecule has 16 heavy (non-hydrogen) atoms. The summed E-state index contributed by atoms with van der Waals surface area (Å²) in [6.07, 6.45) is 1.81. The van der Waals surface area contributed by atoms with E-state index >= 15 is 0 Å². The third-order valence-corrected chi connectivity index (χ3v) is 3.13. The molecule has 0 fully saturated rings. The van der Waals surface area contributed by atoms with Crippen LogP contribution in [0.4, 0.5) is 0 Å². The number of methoxy groups -OCH3 is 1. The van der Waals surface area contributed by atoms with Gasteiger partial charge in [0.05, 0.1) is 10.6 Å². The summed E-state index contributed by atoms with van der Waals surface area (Å²) in [5, 5.41) is 0. The van der Waals surface area contributed by atoms with Crippen molar-refractivity contribution in [2.75, 3.05) is 20.2 Å². The summed E-state index contributed by atoms with van der Waals surface area (Å²) in [5.74, 6) is 0. The highest BCUT2D eigenvalue weighted by Crippen LogP contribution is 2.14. The van der Waals surface area contributed by atoms with E-state index in [0.29, 0.717) is 11.0 Å². The van der Waals surface area contributed by atoms with Crippen molar-refractivity contribution in [1.82, 2.24) is 4.90 Å². The molecular formula is C12H26N2OS. The Morgan fingerprint density at radius 3 is 2.31 bits per heavy atom. The Morgan fingerprint density at radius 2 is 1.94 bits per heavy atom. The van der Waals surface area contributed by atoms with Gasteiger partial charge in [-0.25, -0.2) is 0 Å². The van der Waals surface area contributed by atoms with Gasteiger partial charge in [-0.2, -0.15) is 0 Å². The van der Waals surface area contributed by atoms with Crippen LogP contribution in [0.3, 0.4) is 0 Å². The maximum absolute atomic E-state index is 5.53. The van der Waals surface area contributed by atoms with Crippen LogP contribution in [0.2, 0.25) is 0 Å². The molecule has 3 nitrogen and oxygen atoms in total. The van der Waals surface area contributed by atoms with Gasteiger partial charge < -0.3 is 15.4 Å². The number of hydrogen-bond donors (Lipinski definition) is 1. The third-order valence-electron chi connectivity index (χ3n) is 2.93. The molecule has 0 saturated heterocycles. The smallest absolute Gasteiger partial charge is 0.0740 e. The van der Waals surface area contributed by atoms with Crippen molar-refractivity contribution < 1.29 is 4.74 Å². The monoisotopic (exact) mass is 246 g/mol. The lowest BCUT2D eigenvalue weighted by Crippen LogP contribution is -2.38. The van der Waals surface area contributed by atoms with Crippen molar-refractivity contribution >= 4 is 17.2 Å². The van der Waals surface area contributed by atoms with Crippen molar-refractivity contribution in [2.24, 2.45) is 5.73 Å². The molecule has 0 aromatic rings. The average molecular weight is 246 g/mol. The lowest BCUT2D eigenvalue weighted by Gasteiger charge is -2.31. The fraction of sp³-hybridized carbons (Fsp3) is 0.917. The zero-order chi connectivity index (χ0) is 12.8. The van der Waals surface area contributed by atoms with Gasteiger partial charge in [0.2, 0.25) is 0 Å². The lowest BCUT2D eigenvalue weighted by atomic mass is 10.0. The number of nitrogens with zero attached hydrogens (tertiary/aromatic N) is 1. The molecule has 96 valence electrons. The van der Waals surface area contributed by atoms with E-state index in [2.05, 4.69) is 32.6 Å². The van der Waals surface area contributed by atoms with E-state index < -0.39 is 0 Å². The number of ether oxygens (including phenoxy) is 1. The highest BCUT2D eigenvalue weighted by molar-refractivity contribution is 7.80. The summed E-state index contributed by atoms with van der Waals surface area (Å²) in [7, 11) is 1.76. The Kier molecular flexibility index (Phi) is 7.11. The molecule has 0 unspecified atom stereocenters. The van der Waals surface area contributed by atoms with Crippen LogP contribution in [-0.4, -0.2) is 41.7 Å². The van der Waals surface area contributed by atoms with E-state index in [1.807, 2.05) is 0 Å². The summed E-state index contributed by atoms with van der Waals surface area (Å²) in [4.78, 5) is 2.98. The third kappa shape index (κ3) is 7.14. The molecule has 0 atom stereocenters. The molecular weight excluding hydrogens is 220 g/mol. The minimum absolute atomic E-state index is 0.0592. The van der Waals surface area contributed by atoms with Crippen molar-refractivity contribution in [3.05, 3.63) is 0 Å². The summed E-state index contributed by atoms with van der Waals surface area (Å²) in [6, 6.07) is 0.516. The van der Waals surface area contributed by atoms with Crippen molar-refractivity contribution in [3.63, 3.8) is 0 Å². The second kappa shape index (κ2) is 7.20. The molecule has 0 heterocycles. The van der Waals surface area contributed by atoms with Crippen LogP contribution in [0.15, 0.2) is 0 Å². The second-order valence-electron chi connectivity index (χ2n) is 5.06. The molecule has 0 aliphatic rings. The van der Waals surface area contributed by atoms with E-state index in [1.165, 1.54) is 0 Å². The molecule has 0 aliphatic carbocycles. The molecule has 0 aromatic heterocycles. The van der Waals surface area contributed by atoms with Crippen LogP contribution in [0.25, 0.3) is 0 Å². The van der Waals surface area contributed by atoms with Gasteiger partial charge in [0.15, 0.2) is 0 Å². The van der Waals surface area contributed by atoms with Gasteiger partial charge in [0.25, 0.3) is 0 Å². The summed E-state index contributed by atoms with van der Waals surface area (Å²) >= 11 is 4.91. The highest BCUT2D eigenvalue weighted by Gasteiger charge is 2.19. The Balaban J connectivity index is 4.09. The van der Waals surface area contributed by atoms with E-state index in [1.54, 1.807) is 7.11 Å². The van der Waals surface area contributed by atoms with Gasteiger partial charge in [0.1, 0.15) is 0 Å². The van der Waals surface area contributed by atoms with E-state index in [9.17, 15) is 0 Å². The molecule has 0 amide bonds. The minimum atomic E-state index is -0.0592. The Hall–Kier alpha value is -0.190. The van der Waals surface area contributed by atoms with Crippen LogP contribution < -0.4 is 5.73 Å². The Morgan fingerprint density at radius 1 is 1.38 bits per heavy atom. The zero-order valence-electron chi connectivity index (χ0n) is 11.2. The van der Waals surface area contributed by atoms with Crippen molar-refractivity contribution in [1.29, 1.82) is 0 Å². The Labute approximate surface area is 105 Å². The molecule has 0 rings (SSSR count). The molecule has 0 aliphatic heterocycles. The van der Waals surface area contributed by atoms with Gasteiger partial charge in [-0.15, -0.1) is 0 Å². The van der Waals surface area contributed by atoms with Gasteiger partial charge in [-0.3, -0.25) is 0 Å². The molecule has 2 N–H and O–H groups in total. The molecule has 0 saturated carbocycles. The highest BCUT2D eigenvalue weighted by atomic mass is 32.1.